The largest absolute Gasteiger partial charge is 0.480 e. The molecule has 1 fully saturated rings. The lowest BCUT2D eigenvalue weighted by atomic mass is 10.2. The van der Waals surface area contributed by atoms with E-state index in [0.717, 1.165) is 15.6 Å². The number of thiophene rings is 1. The van der Waals surface area contributed by atoms with Crippen LogP contribution in [0.1, 0.15) is 6.42 Å². The normalized spacial score (nSPS) is 26.2. The minimum Gasteiger partial charge on any atom is -0.480 e. The molecular formula is C9H11NO5S2. The fourth-order valence-electron chi connectivity index (χ4n) is 1.80. The molecule has 2 heterocycles. The molecule has 0 spiro atoms. The smallest absolute Gasteiger partial charge is 0.322 e. The summed E-state index contributed by atoms with van der Waals surface area (Å²) in [5.41, 5.74) is 0. The number of aliphatic hydroxyl groups is 1. The predicted octanol–water partition coefficient (Wildman–Crippen LogP) is -0.0434. The monoisotopic (exact) mass is 277 g/mol. The van der Waals surface area contributed by atoms with E-state index in [-0.39, 0.29) is 17.2 Å². The van der Waals surface area contributed by atoms with Gasteiger partial charge in [-0.15, -0.1) is 11.3 Å². The zero-order valence-electron chi connectivity index (χ0n) is 8.68. The number of carbonyl (C=O) groups is 1. The average molecular weight is 277 g/mol. The number of rotatable bonds is 3. The third-order valence-corrected chi connectivity index (χ3v) is 5.82. The number of sulfonamides is 1. The first-order valence-corrected chi connectivity index (χ1v) is 7.21. The maximum Gasteiger partial charge on any atom is 0.322 e. The highest BCUT2D eigenvalue weighted by molar-refractivity contribution is 7.91. The summed E-state index contributed by atoms with van der Waals surface area (Å²) < 4.78 is 25.2. The molecule has 17 heavy (non-hydrogen) atoms. The second-order valence-electron chi connectivity index (χ2n) is 3.75. The van der Waals surface area contributed by atoms with Gasteiger partial charge in [0, 0.05) is 13.0 Å². The molecule has 8 heteroatoms. The van der Waals surface area contributed by atoms with Crippen molar-refractivity contribution in [3.05, 3.63) is 17.5 Å². The summed E-state index contributed by atoms with van der Waals surface area (Å²) in [5, 5.41) is 20.0. The second-order valence-corrected chi connectivity index (χ2v) is 6.82. The molecule has 0 saturated carbocycles. The minimum absolute atomic E-state index is 0.0695. The molecule has 1 aromatic rings. The van der Waals surface area contributed by atoms with E-state index in [1.807, 2.05) is 0 Å². The van der Waals surface area contributed by atoms with Gasteiger partial charge in [-0.3, -0.25) is 4.79 Å². The lowest BCUT2D eigenvalue weighted by Crippen LogP contribution is -2.40. The Morgan fingerprint density at radius 2 is 2.24 bits per heavy atom. The molecular weight excluding hydrogens is 266 g/mol. The van der Waals surface area contributed by atoms with Gasteiger partial charge in [0.1, 0.15) is 10.3 Å². The lowest BCUT2D eigenvalue weighted by molar-refractivity contribution is -0.140. The van der Waals surface area contributed by atoms with Gasteiger partial charge in [0.05, 0.1) is 6.10 Å². The highest BCUT2D eigenvalue weighted by Crippen LogP contribution is 2.28. The van der Waals surface area contributed by atoms with Crippen molar-refractivity contribution in [1.82, 2.24) is 4.31 Å². The number of carboxylic acid groups (broad SMARTS) is 1. The van der Waals surface area contributed by atoms with Gasteiger partial charge in [-0.1, -0.05) is 6.07 Å². The Bertz CT molecular complexity index is 509. The fraction of sp³-hybridized carbons (Fsp3) is 0.444. The van der Waals surface area contributed by atoms with E-state index in [1.54, 1.807) is 11.4 Å². The zero-order valence-corrected chi connectivity index (χ0v) is 10.3. The van der Waals surface area contributed by atoms with Crippen molar-refractivity contribution in [2.24, 2.45) is 0 Å². The summed E-state index contributed by atoms with van der Waals surface area (Å²) in [6.45, 7) is -0.169. The summed E-state index contributed by atoms with van der Waals surface area (Å²) >= 11 is 1.03. The topological polar surface area (TPSA) is 94.9 Å². The Kier molecular flexibility index (Phi) is 3.21. The van der Waals surface area contributed by atoms with Crippen LogP contribution in [0.25, 0.3) is 0 Å². The van der Waals surface area contributed by atoms with Crippen LogP contribution in [0.2, 0.25) is 0 Å². The molecule has 2 rings (SSSR count). The first kappa shape index (κ1) is 12.5. The van der Waals surface area contributed by atoms with Gasteiger partial charge in [-0.2, -0.15) is 4.31 Å². The number of aliphatic hydroxyl groups excluding tert-OH is 1. The Morgan fingerprint density at radius 3 is 2.76 bits per heavy atom. The molecule has 2 atom stereocenters. The Balaban J connectivity index is 2.36. The van der Waals surface area contributed by atoms with Crippen LogP contribution in [0, 0.1) is 0 Å². The van der Waals surface area contributed by atoms with Crippen LogP contribution in [-0.4, -0.2) is 47.6 Å². The van der Waals surface area contributed by atoms with Crippen molar-refractivity contribution in [3.63, 3.8) is 0 Å². The molecule has 0 radical (unpaired) electrons. The molecule has 1 aliphatic heterocycles. The summed E-state index contributed by atoms with van der Waals surface area (Å²) in [4.78, 5) is 11.0. The number of carboxylic acids is 1. The van der Waals surface area contributed by atoms with Gasteiger partial charge in [0.2, 0.25) is 0 Å². The Morgan fingerprint density at radius 1 is 1.53 bits per heavy atom. The summed E-state index contributed by atoms with van der Waals surface area (Å²) in [6.07, 6.45) is -0.995. The Labute approximate surface area is 102 Å². The quantitative estimate of drug-likeness (QED) is 0.808. The number of aliphatic carboxylic acids is 1. The number of β-amino-alcohol motifs (C(OH)–C–C–N with tert-alkyl or cyclic N) is 1. The molecule has 1 aromatic heterocycles. The van der Waals surface area contributed by atoms with Crippen molar-refractivity contribution < 1.29 is 23.4 Å². The van der Waals surface area contributed by atoms with Gasteiger partial charge in [0.15, 0.2) is 0 Å². The van der Waals surface area contributed by atoms with E-state index in [1.165, 1.54) is 6.07 Å². The predicted molar refractivity (Wildman–Crippen MR) is 60.3 cm³/mol. The molecule has 94 valence electrons. The SMILES string of the molecule is O=C(O)[C@@H]1C[C@@H](O)CN1S(=O)(=O)c1cccs1. The van der Waals surface area contributed by atoms with Crippen LogP contribution in [0.4, 0.5) is 0 Å². The molecule has 0 aromatic carbocycles. The van der Waals surface area contributed by atoms with Crippen molar-refractivity contribution >= 4 is 27.3 Å². The number of nitrogens with zero attached hydrogens (tertiary/aromatic N) is 1. The van der Waals surface area contributed by atoms with Crippen LogP contribution in [-0.2, 0) is 14.8 Å². The highest BCUT2D eigenvalue weighted by atomic mass is 32.2. The standard InChI is InChI=1S/C9H11NO5S2/c11-6-4-7(9(12)13)10(5-6)17(14,15)8-2-1-3-16-8/h1-3,6-7,11H,4-5H2,(H,12,13)/t6-,7+/m1/s1. The third kappa shape index (κ3) is 2.21. The van der Waals surface area contributed by atoms with Crippen LogP contribution in [0.5, 0.6) is 0 Å². The van der Waals surface area contributed by atoms with E-state index in [9.17, 15) is 18.3 Å². The number of hydrogen-bond donors (Lipinski definition) is 2. The van der Waals surface area contributed by atoms with Crippen molar-refractivity contribution in [2.45, 2.75) is 22.8 Å². The van der Waals surface area contributed by atoms with E-state index in [4.69, 9.17) is 5.11 Å². The van der Waals surface area contributed by atoms with Gasteiger partial charge in [-0.05, 0) is 11.4 Å². The average Bonchev–Trinajstić information content (AvgIpc) is 2.84. The molecule has 6 nitrogen and oxygen atoms in total. The zero-order chi connectivity index (χ0) is 12.6. The molecule has 0 amide bonds. The van der Waals surface area contributed by atoms with Crippen LogP contribution in [0.15, 0.2) is 21.7 Å². The molecule has 0 bridgehead atoms. The van der Waals surface area contributed by atoms with Crippen molar-refractivity contribution in [3.8, 4) is 0 Å². The van der Waals surface area contributed by atoms with Gasteiger partial charge >= 0.3 is 5.97 Å². The fourth-order valence-corrected chi connectivity index (χ4v) is 4.55. The summed E-state index contributed by atoms with van der Waals surface area (Å²) in [5.74, 6) is -1.23. The minimum atomic E-state index is -3.81. The summed E-state index contributed by atoms with van der Waals surface area (Å²) in [7, 11) is -3.81. The van der Waals surface area contributed by atoms with E-state index >= 15 is 0 Å². The Hall–Kier alpha value is -0.960. The van der Waals surface area contributed by atoms with Crippen LogP contribution >= 0.6 is 11.3 Å². The van der Waals surface area contributed by atoms with Crippen LogP contribution < -0.4 is 0 Å². The van der Waals surface area contributed by atoms with Crippen molar-refractivity contribution in [1.29, 1.82) is 0 Å². The van der Waals surface area contributed by atoms with E-state index < -0.39 is 28.1 Å². The van der Waals surface area contributed by atoms with Gasteiger partial charge < -0.3 is 10.2 Å². The third-order valence-electron chi connectivity index (χ3n) is 2.58. The second kappa shape index (κ2) is 4.37. The maximum atomic E-state index is 12.1. The first-order chi connectivity index (χ1) is 7.93. The van der Waals surface area contributed by atoms with Crippen LogP contribution in [0.3, 0.4) is 0 Å². The first-order valence-electron chi connectivity index (χ1n) is 4.89. The maximum absolute atomic E-state index is 12.1. The molecule has 1 saturated heterocycles. The lowest BCUT2D eigenvalue weighted by Gasteiger charge is -2.19. The van der Waals surface area contributed by atoms with E-state index in [0.29, 0.717) is 0 Å². The number of hydrogen-bond acceptors (Lipinski definition) is 5. The highest BCUT2D eigenvalue weighted by Gasteiger charge is 2.43. The molecule has 1 aliphatic rings. The van der Waals surface area contributed by atoms with Crippen molar-refractivity contribution in [2.75, 3.05) is 6.54 Å². The van der Waals surface area contributed by atoms with Gasteiger partial charge in [-0.25, -0.2) is 8.42 Å². The van der Waals surface area contributed by atoms with E-state index in [2.05, 4.69) is 0 Å². The molecule has 0 unspecified atom stereocenters. The molecule has 2 N–H and O–H groups in total. The van der Waals surface area contributed by atoms with Gasteiger partial charge in [0.25, 0.3) is 10.0 Å². The summed E-state index contributed by atoms with van der Waals surface area (Å²) in [6, 6.07) is 1.82. The molecule has 0 aliphatic carbocycles.